The Balaban J connectivity index is 1.41. The highest BCUT2D eigenvalue weighted by molar-refractivity contribution is 6.92. The summed E-state index contributed by atoms with van der Waals surface area (Å²) in [5.41, 5.74) is 13.6. The molecule has 0 radical (unpaired) electrons. The van der Waals surface area contributed by atoms with Gasteiger partial charge in [-0.2, -0.15) is 0 Å². The second-order valence-electron chi connectivity index (χ2n) is 10.3. The molecule has 8 rings (SSSR count). The lowest BCUT2D eigenvalue weighted by Crippen LogP contribution is -2.59. The molecule has 0 bridgehead atoms. The Labute approximate surface area is 223 Å². The molecule has 4 heterocycles. The van der Waals surface area contributed by atoms with Crippen molar-refractivity contribution in [2.75, 3.05) is 23.4 Å². The first-order valence-corrected chi connectivity index (χ1v) is 13.1. The number of para-hydroxylation sites is 2. The van der Waals surface area contributed by atoms with Gasteiger partial charge in [-0.15, -0.1) is 0 Å². The minimum absolute atomic E-state index is 0.0534. The van der Waals surface area contributed by atoms with Gasteiger partial charge in [0.1, 0.15) is 0 Å². The predicted octanol–water partition coefficient (Wildman–Crippen LogP) is 5.83. The maximum Gasteiger partial charge on any atom is 0.329 e. The highest BCUT2D eigenvalue weighted by Crippen LogP contribution is 2.46. The first kappa shape index (κ1) is 21.3. The second-order valence-corrected chi connectivity index (χ2v) is 10.3. The molecule has 0 spiro atoms. The fraction of sp³-hybridized carbons (Fsp3) is 0.0606. The van der Waals surface area contributed by atoms with Crippen molar-refractivity contribution in [1.82, 2.24) is 9.88 Å². The number of rotatable bonds is 2. The lowest BCUT2D eigenvalue weighted by Gasteiger charge is -2.43. The normalized spacial score (nSPS) is 14.6. The minimum atomic E-state index is 0.0534. The molecule has 0 fully saturated rings. The van der Waals surface area contributed by atoms with Crippen LogP contribution >= 0.6 is 0 Å². The van der Waals surface area contributed by atoms with E-state index in [4.69, 9.17) is 0 Å². The van der Waals surface area contributed by atoms with E-state index in [1.54, 1.807) is 0 Å². The largest absolute Gasteiger partial charge is 0.376 e. The first-order valence-electron chi connectivity index (χ1n) is 13.1. The van der Waals surface area contributed by atoms with Crippen LogP contribution in [0, 0.1) is 0 Å². The molecule has 0 aliphatic carbocycles. The quantitative estimate of drug-likeness (QED) is 0.292. The third-order valence-electron chi connectivity index (χ3n) is 8.01. The fourth-order valence-corrected chi connectivity index (χ4v) is 6.30. The molecule has 0 saturated heterocycles. The van der Waals surface area contributed by atoms with Gasteiger partial charge in [-0.25, -0.2) is 0 Å². The monoisotopic (exact) mass is 488 g/mol. The van der Waals surface area contributed by atoms with Gasteiger partial charge < -0.3 is 14.6 Å². The topological polar surface area (TPSA) is 22.6 Å². The fourth-order valence-electron chi connectivity index (χ4n) is 6.30. The molecule has 4 aromatic carbocycles. The van der Waals surface area contributed by atoms with E-state index < -0.39 is 0 Å². The van der Waals surface area contributed by atoms with Gasteiger partial charge in [-0.1, -0.05) is 66.7 Å². The van der Waals surface area contributed by atoms with Gasteiger partial charge in [-0.3, -0.25) is 4.98 Å². The van der Waals surface area contributed by atoms with Crippen molar-refractivity contribution in [3.05, 3.63) is 122 Å². The van der Waals surface area contributed by atoms with Crippen LogP contribution in [0.2, 0.25) is 0 Å². The smallest absolute Gasteiger partial charge is 0.329 e. The van der Waals surface area contributed by atoms with Gasteiger partial charge >= 0.3 is 6.85 Å². The van der Waals surface area contributed by atoms with Gasteiger partial charge in [0.2, 0.25) is 0 Å². The third-order valence-corrected chi connectivity index (χ3v) is 8.01. The Kier molecular flexibility index (Phi) is 4.56. The van der Waals surface area contributed by atoms with Gasteiger partial charge in [0.25, 0.3) is 0 Å². The molecule has 0 unspecified atom stereocenters. The molecule has 0 saturated carbocycles. The van der Waals surface area contributed by atoms with Crippen molar-refractivity contribution < 1.29 is 0 Å². The van der Waals surface area contributed by atoms with Crippen LogP contribution < -0.4 is 20.6 Å². The average molecular weight is 488 g/mol. The Morgan fingerprint density at radius 1 is 0.658 bits per heavy atom. The molecule has 38 heavy (non-hydrogen) atoms. The molecule has 0 N–H and O–H groups in total. The summed E-state index contributed by atoms with van der Waals surface area (Å²) in [7, 11) is 2.11. The molecule has 180 valence electrons. The van der Waals surface area contributed by atoms with Gasteiger partial charge in [-0.05, 0) is 64.0 Å². The number of anilines is 3. The van der Waals surface area contributed by atoms with Crippen molar-refractivity contribution in [2.24, 2.45) is 0 Å². The summed E-state index contributed by atoms with van der Waals surface area (Å²) in [4.78, 5) is 11.7. The predicted molar refractivity (Wildman–Crippen MR) is 158 cm³/mol. The summed E-state index contributed by atoms with van der Waals surface area (Å²) in [5.74, 6) is 0. The lowest BCUT2D eigenvalue weighted by molar-refractivity contribution is 0.496. The van der Waals surface area contributed by atoms with Gasteiger partial charge in [0.05, 0.1) is 12.4 Å². The van der Waals surface area contributed by atoms with Crippen molar-refractivity contribution in [3.8, 4) is 33.5 Å². The van der Waals surface area contributed by atoms with E-state index >= 15 is 0 Å². The Bertz CT molecular complexity index is 1750. The van der Waals surface area contributed by atoms with Crippen molar-refractivity contribution in [3.63, 3.8) is 0 Å². The second kappa shape index (κ2) is 8.12. The number of hydrogen-bond donors (Lipinski definition) is 0. The molecular formula is C33H25BN4. The summed E-state index contributed by atoms with van der Waals surface area (Å²) in [5, 5.41) is 0. The maximum atomic E-state index is 4.67. The van der Waals surface area contributed by atoms with Gasteiger partial charge in [0, 0.05) is 53.8 Å². The van der Waals surface area contributed by atoms with Crippen LogP contribution in [0.15, 0.2) is 122 Å². The summed E-state index contributed by atoms with van der Waals surface area (Å²) < 4.78 is 0. The third kappa shape index (κ3) is 3.08. The summed E-state index contributed by atoms with van der Waals surface area (Å²) in [6.45, 7) is 0.908. The van der Waals surface area contributed by atoms with E-state index in [2.05, 4.69) is 136 Å². The van der Waals surface area contributed by atoms with Crippen LogP contribution in [0.1, 0.15) is 0 Å². The number of hydrogen-bond acceptors (Lipinski definition) is 4. The summed E-state index contributed by atoms with van der Waals surface area (Å²) in [6.07, 6.45) is 6.17. The molecule has 3 aliphatic rings. The summed E-state index contributed by atoms with van der Waals surface area (Å²) in [6, 6.07) is 37.6. The Morgan fingerprint density at radius 2 is 1.34 bits per heavy atom. The Morgan fingerprint density at radius 3 is 2.03 bits per heavy atom. The zero-order valence-electron chi connectivity index (χ0n) is 21.1. The maximum absolute atomic E-state index is 4.67. The summed E-state index contributed by atoms with van der Waals surface area (Å²) >= 11 is 0. The minimum Gasteiger partial charge on any atom is -0.376 e. The molecule has 5 aromatic rings. The Hall–Kier alpha value is -4.77. The van der Waals surface area contributed by atoms with E-state index in [0.717, 1.165) is 17.9 Å². The van der Waals surface area contributed by atoms with Crippen LogP contribution in [-0.2, 0) is 0 Å². The number of benzene rings is 4. The number of aromatic nitrogens is 1. The van der Waals surface area contributed by atoms with Crippen molar-refractivity contribution >= 4 is 34.8 Å². The average Bonchev–Trinajstić information content (AvgIpc) is 3.43. The van der Waals surface area contributed by atoms with Crippen LogP contribution in [0.25, 0.3) is 33.5 Å². The van der Waals surface area contributed by atoms with E-state index in [9.17, 15) is 0 Å². The molecule has 5 heteroatoms. The SMILES string of the molecule is CN1C=CN(c2ccc3c(c2)B2c4cc(-c5ccccn5)ccc4-c4ccccc4N2c2ccccc2-3)C1. The zero-order valence-corrected chi connectivity index (χ0v) is 21.1. The van der Waals surface area contributed by atoms with Crippen molar-refractivity contribution in [1.29, 1.82) is 0 Å². The molecule has 3 aliphatic heterocycles. The van der Waals surface area contributed by atoms with E-state index in [-0.39, 0.29) is 6.85 Å². The highest BCUT2D eigenvalue weighted by Gasteiger charge is 2.42. The number of pyridine rings is 1. The standard InChI is InChI=1S/C33H25BN4/c1-36-18-19-37(22-36)24-14-16-26-28-9-3-5-12-33(28)38-32-11-4-2-8-27(32)25-15-13-23(31-10-6-7-17-35-31)20-29(25)34(38)30(26)21-24/h2-21H,22H2,1H3. The lowest BCUT2D eigenvalue weighted by atomic mass is 9.43. The van der Waals surface area contributed by atoms with Crippen molar-refractivity contribution in [2.45, 2.75) is 0 Å². The molecule has 4 nitrogen and oxygen atoms in total. The first-order chi connectivity index (χ1) is 18.8. The molecule has 0 atom stereocenters. The van der Waals surface area contributed by atoms with E-state index in [1.165, 1.54) is 50.2 Å². The molecular weight excluding hydrogens is 463 g/mol. The van der Waals surface area contributed by atoms with Crippen LogP contribution in [0.4, 0.5) is 17.1 Å². The number of nitrogens with zero attached hydrogens (tertiary/aromatic N) is 4. The van der Waals surface area contributed by atoms with Gasteiger partial charge in [0.15, 0.2) is 0 Å². The number of fused-ring (bicyclic) bond motifs is 11. The zero-order chi connectivity index (χ0) is 25.2. The van der Waals surface area contributed by atoms with E-state index in [1.807, 2.05) is 12.3 Å². The van der Waals surface area contributed by atoms with E-state index in [0.29, 0.717) is 0 Å². The van der Waals surface area contributed by atoms with Crippen LogP contribution in [0.3, 0.4) is 0 Å². The van der Waals surface area contributed by atoms with Crippen LogP contribution in [-0.4, -0.2) is 30.4 Å². The van der Waals surface area contributed by atoms with Crippen LogP contribution in [0.5, 0.6) is 0 Å². The highest BCUT2D eigenvalue weighted by atomic mass is 15.3. The molecule has 0 amide bonds. The molecule has 1 aromatic heterocycles.